The molecule has 1 atom stereocenters. The van der Waals surface area contributed by atoms with Crippen LogP contribution in [0, 0.1) is 0 Å². The number of aromatic amines is 1. The fourth-order valence-electron chi connectivity index (χ4n) is 1.83. The van der Waals surface area contributed by atoms with Gasteiger partial charge >= 0.3 is 5.97 Å². The minimum Gasteiger partial charge on any atom is -0.478 e. The second-order valence-corrected chi connectivity index (χ2v) is 4.09. The molecular weight excluding hydrogens is 270 g/mol. The topological polar surface area (TPSA) is 154 Å². The zero-order valence-corrected chi connectivity index (χ0v) is 10.5. The molecule has 0 spiro atoms. The van der Waals surface area contributed by atoms with E-state index >= 15 is 0 Å². The van der Waals surface area contributed by atoms with Gasteiger partial charge in [0.1, 0.15) is 5.69 Å². The van der Waals surface area contributed by atoms with Crippen LogP contribution in [0.1, 0.15) is 6.42 Å². The normalized spacial score (nSPS) is 14.8. The van der Waals surface area contributed by atoms with E-state index in [0.717, 1.165) is 0 Å². The number of nitrogens with zero attached hydrogens (tertiary/aromatic N) is 2. The molecule has 1 aliphatic heterocycles. The number of aromatic nitrogens is 2. The fraction of sp³-hybridized carbons (Fsp3) is 0.500. The lowest BCUT2D eigenvalue weighted by Gasteiger charge is -2.24. The van der Waals surface area contributed by atoms with Crippen LogP contribution in [0.3, 0.4) is 0 Å². The smallest absolute Gasteiger partial charge is 0.354 e. The molecule has 2 rings (SSSR count). The summed E-state index contributed by atoms with van der Waals surface area (Å²) in [5, 5.41) is 20.6. The number of aliphatic hydroxyl groups excluding tert-OH is 1. The maximum atomic E-state index is 11.6. The number of carbonyl (C=O) groups is 1. The average Bonchev–Trinajstić information content (AvgIpc) is 2.78. The van der Waals surface area contributed by atoms with Crippen molar-refractivity contribution in [3.05, 3.63) is 10.4 Å². The van der Waals surface area contributed by atoms with Gasteiger partial charge in [0.05, 0.1) is 13.3 Å². The molecule has 10 heteroatoms. The van der Waals surface area contributed by atoms with Crippen LogP contribution in [0.2, 0.25) is 0 Å². The van der Waals surface area contributed by atoms with E-state index in [1.54, 1.807) is 0 Å². The molecular formula is C10H15N5O5. The van der Waals surface area contributed by atoms with Gasteiger partial charge in [-0.25, -0.2) is 4.79 Å². The number of nitrogens with two attached hydrogens (primary N) is 1. The van der Waals surface area contributed by atoms with E-state index < -0.39 is 17.8 Å². The van der Waals surface area contributed by atoms with Gasteiger partial charge in [0.25, 0.3) is 5.56 Å². The van der Waals surface area contributed by atoms with Crippen LogP contribution in [0.4, 0.5) is 17.5 Å². The number of nitrogens with one attached hydrogen (secondary N) is 2. The molecule has 1 aromatic rings. The number of aliphatic carboxylic acids is 1. The van der Waals surface area contributed by atoms with Crippen LogP contribution in [0.25, 0.3) is 0 Å². The van der Waals surface area contributed by atoms with E-state index in [2.05, 4.69) is 15.3 Å². The molecule has 1 unspecified atom stereocenters. The minimum atomic E-state index is -1.32. The molecule has 0 aromatic carbocycles. The standard InChI is InChI=1S/C10H15N5O5/c11-10-13-6-5(7(17)14-10)12-4-15(6)8(9(18)19)20-3-1-2-16/h8,12,16H,1-4H2,(H,18,19)(H3,11,13,14,17). The predicted octanol–water partition coefficient (Wildman–Crippen LogP) is -1.65. The first kappa shape index (κ1) is 14.1. The Morgan fingerprint density at radius 2 is 2.35 bits per heavy atom. The number of hydrogen-bond donors (Lipinski definition) is 5. The molecule has 0 saturated carbocycles. The summed E-state index contributed by atoms with van der Waals surface area (Å²) in [6, 6.07) is 0. The van der Waals surface area contributed by atoms with Crippen LogP contribution in [0.5, 0.6) is 0 Å². The Morgan fingerprint density at radius 1 is 1.60 bits per heavy atom. The molecule has 110 valence electrons. The van der Waals surface area contributed by atoms with E-state index in [9.17, 15) is 14.7 Å². The van der Waals surface area contributed by atoms with Crippen LogP contribution < -0.4 is 21.5 Å². The van der Waals surface area contributed by atoms with Crippen LogP contribution in [0.15, 0.2) is 4.79 Å². The molecule has 20 heavy (non-hydrogen) atoms. The maximum Gasteiger partial charge on any atom is 0.354 e. The molecule has 1 aliphatic rings. The van der Waals surface area contributed by atoms with Gasteiger partial charge in [-0.05, 0) is 6.42 Å². The van der Waals surface area contributed by atoms with E-state index in [4.69, 9.17) is 15.6 Å². The van der Waals surface area contributed by atoms with Gasteiger partial charge in [-0.3, -0.25) is 9.78 Å². The predicted molar refractivity (Wildman–Crippen MR) is 69.3 cm³/mol. The van der Waals surface area contributed by atoms with Gasteiger partial charge < -0.3 is 30.9 Å². The average molecular weight is 285 g/mol. The van der Waals surface area contributed by atoms with Gasteiger partial charge in [-0.15, -0.1) is 0 Å². The quantitative estimate of drug-likeness (QED) is 0.387. The fourth-order valence-corrected chi connectivity index (χ4v) is 1.83. The Hall–Kier alpha value is -2.33. The van der Waals surface area contributed by atoms with Gasteiger partial charge in [-0.2, -0.15) is 4.98 Å². The SMILES string of the molecule is Nc1nc2c(c(=O)[nH]1)NCN2C(OCCCO)C(=O)O. The van der Waals surface area contributed by atoms with Crippen molar-refractivity contribution in [1.82, 2.24) is 9.97 Å². The molecule has 0 amide bonds. The first-order valence-electron chi connectivity index (χ1n) is 5.90. The molecule has 6 N–H and O–H groups in total. The number of H-pyrrole nitrogens is 1. The van der Waals surface area contributed by atoms with Crippen molar-refractivity contribution < 1.29 is 19.7 Å². The highest BCUT2D eigenvalue weighted by atomic mass is 16.5. The van der Waals surface area contributed by atoms with E-state index in [-0.39, 0.29) is 37.3 Å². The van der Waals surface area contributed by atoms with E-state index in [0.29, 0.717) is 6.42 Å². The summed E-state index contributed by atoms with van der Waals surface area (Å²) in [6.45, 7) is 0.0228. The summed E-state index contributed by atoms with van der Waals surface area (Å²) in [6.07, 6.45) is -1.01. The number of carboxylic acids is 1. The zero-order chi connectivity index (χ0) is 14.7. The molecule has 0 bridgehead atoms. The van der Waals surface area contributed by atoms with Gasteiger partial charge in [0, 0.05) is 6.61 Å². The summed E-state index contributed by atoms with van der Waals surface area (Å²) in [7, 11) is 0. The van der Waals surface area contributed by atoms with Crippen LogP contribution in [-0.2, 0) is 9.53 Å². The number of ether oxygens (including phenoxy) is 1. The molecule has 0 radical (unpaired) electrons. The van der Waals surface area contributed by atoms with Gasteiger partial charge in [0.2, 0.25) is 12.2 Å². The number of aliphatic hydroxyl groups is 1. The third-order valence-electron chi connectivity index (χ3n) is 2.69. The number of carboxylic acid groups (broad SMARTS) is 1. The number of fused-ring (bicyclic) bond motifs is 1. The van der Waals surface area contributed by atoms with Gasteiger partial charge in [0.15, 0.2) is 5.82 Å². The Bertz CT molecular complexity index is 559. The van der Waals surface area contributed by atoms with Crippen molar-refractivity contribution in [3.8, 4) is 0 Å². The second-order valence-electron chi connectivity index (χ2n) is 4.09. The number of hydrogen-bond acceptors (Lipinski definition) is 8. The summed E-state index contributed by atoms with van der Waals surface area (Å²) < 4.78 is 5.20. The summed E-state index contributed by atoms with van der Waals surface area (Å²) in [4.78, 5) is 30.4. The highest BCUT2D eigenvalue weighted by molar-refractivity contribution is 5.81. The lowest BCUT2D eigenvalue weighted by molar-refractivity contribution is -0.150. The Balaban J connectivity index is 2.26. The Kier molecular flexibility index (Phi) is 4.05. The van der Waals surface area contributed by atoms with E-state index in [1.165, 1.54) is 4.90 Å². The van der Waals surface area contributed by atoms with Crippen molar-refractivity contribution in [2.75, 3.05) is 35.8 Å². The highest BCUT2D eigenvalue weighted by Gasteiger charge is 2.34. The number of nitrogen functional groups attached to an aromatic ring is 1. The zero-order valence-electron chi connectivity index (χ0n) is 10.5. The van der Waals surface area contributed by atoms with Crippen molar-refractivity contribution >= 4 is 23.4 Å². The number of anilines is 3. The van der Waals surface area contributed by atoms with Gasteiger partial charge in [-0.1, -0.05) is 0 Å². The second kappa shape index (κ2) is 5.75. The lowest BCUT2D eigenvalue weighted by atomic mass is 10.4. The van der Waals surface area contributed by atoms with Crippen molar-refractivity contribution in [3.63, 3.8) is 0 Å². The molecule has 2 heterocycles. The molecule has 10 nitrogen and oxygen atoms in total. The maximum absolute atomic E-state index is 11.6. The molecule has 0 saturated heterocycles. The Morgan fingerprint density at radius 3 is 3.00 bits per heavy atom. The summed E-state index contributed by atoms with van der Waals surface area (Å²) in [5.41, 5.74) is 5.12. The largest absolute Gasteiger partial charge is 0.478 e. The van der Waals surface area contributed by atoms with E-state index in [1.807, 2.05) is 0 Å². The summed E-state index contributed by atoms with van der Waals surface area (Å²) in [5.74, 6) is -1.21. The molecule has 1 aromatic heterocycles. The lowest BCUT2D eigenvalue weighted by Crippen LogP contribution is -2.43. The monoisotopic (exact) mass is 285 g/mol. The third-order valence-corrected chi connectivity index (χ3v) is 2.69. The summed E-state index contributed by atoms with van der Waals surface area (Å²) >= 11 is 0. The highest BCUT2D eigenvalue weighted by Crippen LogP contribution is 2.27. The Labute approximate surface area is 113 Å². The van der Waals surface area contributed by atoms with Crippen molar-refractivity contribution in [2.24, 2.45) is 0 Å². The third kappa shape index (κ3) is 2.65. The van der Waals surface area contributed by atoms with Crippen LogP contribution >= 0.6 is 0 Å². The van der Waals surface area contributed by atoms with Crippen molar-refractivity contribution in [1.29, 1.82) is 0 Å². The van der Waals surface area contributed by atoms with Crippen LogP contribution in [-0.4, -0.2) is 52.3 Å². The first-order chi connectivity index (χ1) is 9.54. The molecule has 0 fully saturated rings. The first-order valence-corrected chi connectivity index (χ1v) is 5.90. The number of rotatable bonds is 6. The molecule has 0 aliphatic carbocycles. The van der Waals surface area contributed by atoms with Crippen molar-refractivity contribution in [2.45, 2.75) is 12.6 Å². The minimum absolute atomic E-state index is 0.0605.